The third-order valence-corrected chi connectivity index (χ3v) is 3.60. The average molecular weight is 365 g/mol. The smallest absolute Gasteiger partial charge is 0.273 e. The van der Waals surface area contributed by atoms with Crippen molar-refractivity contribution in [3.8, 4) is 17.2 Å². The Morgan fingerprint density at radius 1 is 0.800 bits per heavy atom. The molecule has 2 aromatic carbocycles. The minimum absolute atomic E-state index is 0.177. The fourth-order valence-electron chi connectivity index (χ4n) is 2.06. The minimum atomic E-state index is -0.569. The summed E-state index contributed by atoms with van der Waals surface area (Å²) in [4.78, 5) is 24.4. The van der Waals surface area contributed by atoms with E-state index in [9.17, 15) is 9.59 Å². The topological polar surface area (TPSA) is 85.9 Å². The zero-order chi connectivity index (χ0) is 18.4. The van der Waals surface area contributed by atoms with Crippen LogP contribution in [0.1, 0.15) is 20.7 Å². The van der Waals surface area contributed by atoms with Crippen molar-refractivity contribution in [3.05, 3.63) is 52.5 Å². The van der Waals surface area contributed by atoms with Gasteiger partial charge in [-0.1, -0.05) is 11.6 Å². The molecule has 25 heavy (non-hydrogen) atoms. The van der Waals surface area contributed by atoms with Crippen LogP contribution in [0.2, 0.25) is 5.02 Å². The van der Waals surface area contributed by atoms with Gasteiger partial charge in [0.1, 0.15) is 5.75 Å². The summed E-state index contributed by atoms with van der Waals surface area (Å²) in [5, 5.41) is 0.510. The van der Waals surface area contributed by atoms with E-state index in [0.29, 0.717) is 22.1 Å². The van der Waals surface area contributed by atoms with Crippen LogP contribution in [0.25, 0.3) is 0 Å². The number of hydrazine groups is 1. The molecule has 0 radical (unpaired) electrons. The van der Waals surface area contributed by atoms with Gasteiger partial charge in [-0.05, 0) is 24.3 Å². The number of hydrogen-bond donors (Lipinski definition) is 2. The molecule has 0 aliphatic heterocycles. The lowest BCUT2D eigenvalue weighted by atomic mass is 10.1. The average Bonchev–Trinajstić information content (AvgIpc) is 2.65. The third kappa shape index (κ3) is 4.33. The van der Waals surface area contributed by atoms with Gasteiger partial charge in [0.2, 0.25) is 0 Å². The Morgan fingerprint density at radius 3 is 1.88 bits per heavy atom. The molecule has 2 N–H and O–H groups in total. The van der Waals surface area contributed by atoms with Gasteiger partial charge in [0.25, 0.3) is 11.8 Å². The maximum Gasteiger partial charge on any atom is 0.273 e. The Hall–Kier alpha value is -2.93. The number of ether oxygens (including phenoxy) is 3. The van der Waals surface area contributed by atoms with E-state index in [1.165, 1.54) is 33.5 Å². The highest BCUT2D eigenvalue weighted by Crippen LogP contribution is 2.34. The maximum atomic E-state index is 12.4. The molecule has 0 fully saturated rings. The SMILES string of the molecule is COc1cc(OC)c(C(=O)NNC(=O)c2ccc(Cl)cc2)cc1OC. The molecule has 132 valence electrons. The van der Waals surface area contributed by atoms with E-state index in [1.807, 2.05) is 0 Å². The number of halogens is 1. The number of benzene rings is 2. The molecule has 2 aromatic rings. The summed E-state index contributed by atoms with van der Waals surface area (Å²) in [7, 11) is 4.35. The summed E-state index contributed by atoms with van der Waals surface area (Å²) < 4.78 is 15.5. The first kappa shape index (κ1) is 18.4. The number of hydrogen-bond acceptors (Lipinski definition) is 5. The molecule has 7 nitrogen and oxygen atoms in total. The molecule has 0 saturated carbocycles. The van der Waals surface area contributed by atoms with Crippen LogP contribution in [-0.2, 0) is 0 Å². The summed E-state index contributed by atoms with van der Waals surface area (Å²) in [6.07, 6.45) is 0. The quantitative estimate of drug-likeness (QED) is 0.796. The lowest BCUT2D eigenvalue weighted by Gasteiger charge is -2.14. The van der Waals surface area contributed by atoms with Crippen LogP contribution in [0.3, 0.4) is 0 Å². The Kier molecular flexibility index (Phi) is 6.08. The fourth-order valence-corrected chi connectivity index (χ4v) is 2.19. The Balaban J connectivity index is 2.14. The highest BCUT2D eigenvalue weighted by atomic mass is 35.5. The van der Waals surface area contributed by atoms with Gasteiger partial charge in [-0.3, -0.25) is 20.4 Å². The summed E-state index contributed by atoms with van der Waals surface area (Å²) >= 11 is 5.77. The van der Waals surface area contributed by atoms with Crippen LogP contribution in [0.5, 0.6) is 17.2 Å². The summed E-state index contributed by atoms with van der Waals surface area (Å²) in [5.41, 5.74) is 5.18. The third-order valence-electron chi connectivity index (χ3n) is 3.35. The van der Waals surface area contributed by atoms with Crippen molar-refractivity contribution < 1.29 is 23.8 Å². The second kappa shape index (κ2) is 8.25. The van der Waals surface area contributed by atoms with Crippen molar-refractivity contribution in [2.24, 2.45) is 0 Å². The van der Waals surface area contributed by atoms with Crippen LogP contribution < -0.4 is 25.1 Å². The predicted molar refractivity (Wildman–Crippen MR) is 92.5 cm³/mol. The number of carbonyl (C=O) groups is 2. The molecular weight excluding hydrogens is 348 g/mol. The van der Waals surface area contributed by atoms with E-state index < -0.39 is 11.8 Å². The van der Waals surface area contributed by atoms with Gasteiger partial charge in [0.15, 0.2) is 11.5 Å². The van der Waals surface area contributed by atoms with E-state index in [2.05, 4.69) is 10.9 Å². The van der Waals surface area contributed by atoms with Crippen LogP contribution in [0.4, 0.5) is 0 Å². The van der Waals surface area contributed by atoms with E-state index in [4.69, 9.17) is 25.8 Å². The molecule has 0 aromatic heterocycles. The number of rotatable bonds is 5. The second-order valence-corrected chi connectivity index (χ2v) is 5.26. The van der Waals surface area contributed by atoms with Crippen molar-refractivity contribution in [3.63, 3.8) is 0 Å². The van der Waals surface area contributed by atoms with Gasteiger partial charge in [-0.2, -0.15) is 0 Å². The normalized spacial score (nSPS) is 9.92. The lowest BCUT2D eigenvalue weighted by molar-refractivity contribution is 0.0844. The van der Waals surface area contributed by atoms with Crippen molar-refractivity contribution in [1.29, 1.82) is 0 Å². The van der Waals surface area contributed by atoms with Gasteiger partial charge in [-0.15, -0.1) is 0 Å². The largest absolute Gasteiger partial charge is 0.496 e. The van der Waals surface area contributed by atoms with Gasteiger partial charge >= 0.3 is 0 Å². The predicted octanol–water partition coefficient (Wildman–Crippen LogP) is 2.44. The van der Waals surface area contributed by atoms with E-state index in [-0.39, 0.29) is 11.3 Å². The van der Waals surface area contributed by atoms with E-state index in [0.717, 1.165) is 0 Å². The van der Waals surface area contributed by atoms with Crippen LogP contribution in [0, 0.1) is 0 Å². The number of carbonyl (C=O) groups excluding carboxylic acids is 2. The van der Waals surface area contributed by atoms with Crippen molar-refractivity contribution >= 4 is 23.4 Å². The molecule has 0 spiro atoms. The second-order valence-electron chi connectivity index (χ2n) is 4.82. The molecule has 0 atom stereocenters. The zero-order valence-corrected chi connectivity index (χ0v) is 14.6. The first-order valence-electron chi connectivity index (χ1n) is 7.16. The molecule has 2 amide bonds. The summed E-state index contributed by atoms with van der Waals surface area (Å²) in [6, 6.07) is 9.23. The highest BCUT2D eigenvalue weighted by Gasteiger charge is 2.18. The van der Waals surface area contributed by atoms with E-state index in [1.54, 1.807) is 24.3 Å². The maximum absolute atomic E-state index is 12.4. The van der Waals surface area contributed by atoms with Crippen LogP contribution in [-0.4, -0.2) is 33.1 Å². The molecule has 2 rings (SSSR count). The summed E-state index contributed by atoms with van der Waals surface area (Å²) in [6.45, 7) is 0. The Bertz CT molecular complexity index is 777. The number of nitrogens with one attached hydrogen (secondary N) is 2. The Morgan fingerprint density at radius 2 is 1.32 bits per heavy atom. The van der Waals surface area contributed by atoms with Gasteiger partial charge in [0.05, 0.1) is 26.9 Å². The van der Waals surface area contributed by atoms with Crippen LogP contribution >= 0.6 is 11.6 Å². The molecule has 0 aliphatic rings. The highest BCUT2D eigenvalue weighted by molar-refractivity contribution is 6.30. The van der Waals surface area contributed by atoms with E-state index >= 15 is 0 Å². The fraction of sp³-hybridized carbons (Fsp3) is 0.176. The standard InChI is InChI=1S/C17H17ClN2O5/c1-23-13-9-15(25-3)14(24-2)8-12(13)17(22)20-19-16(21)10-4-6-11(18)7-5-10/h4-9H,1-3H3,(H,19,21)(H,20,22). The molecular formula is C17H17ClN2O5. The lowest BCUT2D eigenvalue weighted by Crippen LogP contribution is -2.41. The molecule has 0 saturated heterocycles. The molecule has 0 unspecified atom stereocenters. The molecule has 0 aliphatic carbocycles. The first-order valence-corrected chi connectivity index (χ1v) is 7.54. The number of methoxy groups -OCH3 is 3. The van der Waals surface area contributed by atoms with Crippen molar-refractivity contribution in [1.82, 2.24) is 10.9 Å². The zero-order valence-electron chi connectivity index (χ0n) is 13.9. The Labute approximate surface area is 149 Å². The van der Waals surface area contributed by atoms with Gasteiger partial charge in [0, 0.05) is 22.7 Å². The number of amides is 2. The van der Waals surface area contributed by atoms with Gasteiger partial charge < -0.3 is 14.2 Å². The van der Waals surface area contributed by atoms with Crippen LogP contribution in [0.15, 0.2) is 36.4 Å². The summed E-state index contributed by atoms with van der Waals surface area (Å²) in [5.74, 6) is -0.000883. The minimum Gasteiger partial charge on any atom is -0.496 e. The molecule has 0 bridgehead atoms. The molecule has 0 heterocycles. The van der Waals surface area contributed by atoms with Crippen molar-refractivity contribution in [2.75, 3.05) is 21.3 Å². The van der Waals surface area contributed by atoms with Gasteiger partial charge in [-0.25, -0.2) is 0 Å². The first-order chi connectivity index (χ1) is 12.0. The monoisotopic (exact) mass is 364 g/mol. The van der Waals surface area contributed by atoms with Crippen molar-refractivity contribution in [2.45, 2.75) is 0 Å². The molecule has 8 heteroatoms.